The standard InChI is InChI=1S/C10H11NO/c1-2-8-7-11-9-5-3-4-6-10(9)12-8/h3-8H,2H2,1H3. The Labute approximate surface area is 71.9 Å². The van der Waals surface area contributed by atoms with Crippen LogP contribution in [0.5, 0.6) is 5.75 Å². The summed E-state index contributed by atoms with van der Waals surface area (Å²) in [6.07, 6.45) is 2.99. The third-order valence-electron chi connectivity index (χ3n) is 1.93. The highest BCUT2D eigenvalue weighted by molar-refractivity contribution is 5.73. The van der Waals surface area contributed by atoms with Gasteiger partial charge >= 0.3 is 0 Å². The molecule has 1 atom stereocenters. The lowest BCUT2D eigenvalue weighted by atomic mass is 10.2. The quantitative estimate of drug-likeness (QED) is 0.620. The largest absolute Gasteiger partial charge is 0.483 e. The Bertz CT molecular complexity index is 306. The van der Waals surface area contributed by atoms with Crippen LogP contribution < -0.4 is 4.74 Å². The van der Waals surface area contributed by atoms with Crippen molar-refractivity contribution in [3.05, 3.63) is 24.3 Å². The third-order valence-corrected chi connectivity index (χ3v) is 1.93. The van der Waals surface area contributed by atoms with Crippen LogP contribution >= 0.6 is 0 Å². The van der Waals surface area contributed by atoms with Gasteiger partial charge in [0.1, 0.15) is 17.5 Å². The van der Waals surface area contributed by atoms with Gasteiger partial charge in [-0.05, 0) is 18.6 Å². The molecular weight excluding hydrogens is 150 g/mol. The SMILES string of the molecule is CCC1C=Nc2ccccc2O1. The van der Waals surface area contributed by atoms with Gasteiger partial charge in [-0.15, -0.1) is 0 Å². The highest BCUT2D eigenvalue weighted by atomic mass is 16.5. The minimum absolute atomic E-state index is 0.153. The first-order chi connectivity index (χ1) is 5.90. The van der Waals surface area contributed by atoms with Crippen LogP contribution in [0.4, 0.5) is 5.69 Å². The molecule has 0 aliphatic carbocycles. The minimum Gasteiger partial charge on any atom is -0.483 e. The molecule has 0 saturated heterocycles. The molecule has 0 radical (unpaired) electrons. The maximum atomic E-state index is 5.63. The fourth-order valence-corrected chi connectivity index (χ4v) is 1.21. The maximum Gasteiger partial charge on any atom is 0.145 e. The smallest absolute Gasteiger partial charge is 0.145 e. The molecule has 12 heavy (non-hydrogen) atoms. The van der Waals surface area contributed by atoms with Crippen molar-refractivity contribution in [2.75, 3.05) is 0 Å². The molecule has 0 fully saturated rings. The van der Waals surface area contributed by atoms with Crippen molar-refractivity contribution in [2.24, 2.45) is 4.99 Å². The van der Waals surface area contributed by atoms with E-state index in [2.05, 4.69) is 11.9 Å². The summed E-state index contributed by atoms with van der Waals surface area (Å²) < 4.78 is 5.63. The Hall–Kier alpha value is -1.31. The zero-order valence-electron chi connectivity index (χ0n) is 7.03. The van der Waals surface area contributed by atoms with Crippen LogP contribution in [0.3, 0.4) is 0 Å². The average molecular weight is 161 g/mol. The van der Waals surface area contributed by atoms with Crippen LogP contribution in [0.1, 0.15) is 13.3 Å². The Morgan fingerprint density at radius 2 is 2.25 bits per heavy atom. The fourth-order valence-electron chi connectivity index (χ4n) is 1.21. The van der Waals surface area contributed by atoms with Crippen molar-refractivity contribution >= 4 is 11.9 Å². The van der Waals surface area contributed by atoms with Gasteiger partial charge in [0.15, 0.2) is 0 Å². The monoisotopic (exact) mass is 161 g/mol. The van der Waals surface area contributed by atoms with E-state index in [1.807, 2.05) is 30.5 Å². The summed E-state index contributed by atoms with van der Waals surface area (Å²) in [5.74, 6) is 0.895. The number of aliphatic imine (C=N–C) groups is 1. The molecule has 0 N–H and O–H groups in total. The van der Waals surface area contributed by atoms with Crippen LogP contribution in [-0.2, 0) is 0 Å². The highest BCUT2D eigenvalue weighted by Crippen LogP contribution is 2.30. The van der Waals surface area contributed by atoms with Crippen molar-refractivity contribution in [3.8, 4) is 5.75 Å². The first-order valence-corrected chi connectivity index (χ1v) is 4.20. The molecule has 2 heteroatoms. The lowest BCUT2D eigenvalue weighted by molar-refractivity contribution is 0.264. The van der Waals surface area contributed by atoms with Crippen LogP contribution in [0.2, 0.25) is 0 Å². The van der Waals surface area contributed by atoms with Crippen molar-refractivity contribution < 1.29 is 4.74 Å². The first-order valence-electron chi connectivity index (χ1n) is 4.20. The van der Waals surface area contributed by atoms with Gasteiger partial charge < -0.3 is 4.74 Å². The molecule has 62 valence electrons. The highest BCUT2D eigenvalue weighted by Gasteiger charge is 2.12. The Balaban J connectivity index is 2.33. The molecule has 0 saturated carbocycles. The number of fused-ring (bicyclic) bond motifs is 1. The number of benzene rings is 1. The van der Waals surface area contributed by atoms with E-state index < -0.39 is 0 Å². The number of ether oxygens (including phenoxy) is 1. The summed E-state index contributed by atoms with van der Waals surface area (Å²) >= 11 is 0. The molecule has 1 heterocycles. The molecule has 1 aromatic rings. The van der Waals surface area contributed by atoms with Gasteiger partial charge in [-0.25, -0.2) is 0 Å². The first kappa shape index (κ1) is 7.35. The summed E-state index contributed by atoms with van der Waals surface area (Å²) in [5.41, 5.74) is 0.933. The molecule has 0 aromatic heterocycles. The molecule has 2 rings (SSSR count). The van der Waals surface area contributed by atoms with Crippen molar-refractivity contribution in [2.45, 2.75) is 19.4 Å². The zero-order valence-corrected chi connectivity index (χ0v) is 7.03. The maximum absolute atomic E-state index is 5.63. The molecule has 2 nitrogen and oxygen atoms in total. The van der Waals surface area contributed by atoms with Gasteiger partial charge in [0.2, 0.25) is 0 Å². The second kappa shape index (κ2) is 2.97. The summed E-state index contributed by atoms with van der Waals surface area (Å²) in [6, 6.07) is 7.84. The second-order valence-electron chi connectivity index (χ2n) is 2.81. The van der Waals surface area contributed by atoms with Crippen LogP contribution in [0.15, 0.2) is 29.3 Å². The number of hydrogen-bond donors (Lipinski definition) is 0. The van der Waals surface area contributed by atoms with Gasteiger partial charge in [0, 0.05) is 6.21 Å². The lowest BCUT2D eigenvalue weighted by Crippen LogP contribution is -2.19. The van der Waals surface area contributed by atoms with E-state index in [1.165, 1.54) is 0 Å². The summed E-state index contributed by atoms with van der Waals surface area (Å²) in [6.45, 7) is 2.09. The van der Waals surface area contributed by atoms with E-state index in [1.54, 1.807) is 0 Å². The van der Waals surface area contributed by atoms with Gasteiger partial charge in [-0.3, -0.25) is 4.99 Å². The van der Waals surface area contributed by atoms with Crippen molar-refractivity contribution in [1.82, 2.24) is 0 Å². The van der Waals surface area contributed by atoms with E-state index in [-0.39, 0.29) is 6.10 Å². The van der Waals surface area contributed by atoms with Crippen LogP contribution in [0.25, 0.3) is 0 Å². The average Bonchev–Trinajstić information content (AvgIpc) is 2.17. The normalized spacial score (nSPS) is 19.9. The van der Waals surface area contributed by atoms with Crippen molar-refractivity contribution in [3.63, 3.8) is 0 Å². The Morgan fingerprint density at radius 3 is 3.08 bits per heavy atom. The molecule has 1 aliphatic rings. The topological polar surface area (TPSA) is 21.6 Å². The molecule has 0 amide bonds. The van der Waals surface area contributed by atoms with E-state index in [4.69, 9.17) is 4.74 Å². The minimum atomic E-state index is 0.153. The Kier molecular flexibility index (Phi) is 1.82. The van der Waals surface area contributed by atoms with E-state index >= 15 is 0 Å². The van der Waals surface area contributed by atoms with E-state index in [9.17, 15) is 0 Å². The lowest BCUT2D eigenvalue weighted by Gasteiger charge is -2.18. The second-order valence-corrected chi connectivity index (χ2v) is 2.81. The number of nitrogens with zero attached hydrogens (tertiary/aromatic N) is 1. The van der Waals surface area contributed by atoms with Gasteiger partial charge in [-0.1, -0.05) is 19.1 Å². The number of hydrogen-bond acceptors (Lipinski definition) is 2. The molecule has 1 aliphatic heterocycles. The van der Waals surface area contributed by atoms with E-state index in [0.29, 0.717) is 0 Å². The molecule has 0 spiro atoms. The van der Waals surface area contributed by atoms with Gasteiger partial charge in [0.25, 0.3) is 0 Å². The zero-order chi connectivity index (χ0) is 8.39. The summed E-state index contributed by atoms with van der Waals surface area (Å²) in [5, 5.41) is 0. The number of rotatable bonds is 1. The predicted molar refractivity (Wildman–Crippen MR) is 49.3 cm³/mol. The fraction of sp³-hybridized carbons (Fsp3) is 0.300. The molecule has 1 aromatic carbocycles. The van der Waals surface area contributed by atoms with Gasteiger partial charge in [-0.2, -0.15) is 0 Å². The summed E-state index contributed by atoms with van der Waals surface area (Å²) in [7, 11) is 0. The molecular formula is C10H11NO. The van der Waals surface area contributed by atoms with Crippen molar-refractivity contribution in [1.29, 1.82) is 0 Å². The van der Waals surface area contributed by atoms with Crippen LogP contribution in [0, 0.1) is 0 Å². The third kappa shape index (κ3) is 1.20. The molecule has 1 unspecified atom stereocenters. The predicted octanol–water partition coefficient (Wildman–Crippen LogP) is 2.56. The Morgan fingerprint density at radius 1 is 1.42 bits per heavy atom. The van der Waals surface area contributed by atoms with Crippen LogP contribution in [-0.4, -0.2) is 12.3 Å². The van der Waals surface area contributed by atoms with E-state index in [0.717, 1.165) is 17.9 Å². The molecule has 0 bridgehead atoms. The van der Waals surface area contributed by atoms with Gasteiger partial charge in [0.05, 0.1) is 0 Å². The summed E-state index contributed by atoms with van der Waals surface area (Å²) in [4.78, 5) is 4.30. The number of para-hydroxylation sites is 2.